The van der Waals surface area contributed by atoms with Crippen LogP contribution in [0, 0.1) is 23.7 Å². The lowest BCUT2D eigenvalue weighted by Gasteiger charge is -2.33. The summed E-state index contributed by atoms with van der Waals surface area (Å²) < 4.78 is 5.40. The van der Waals surface area contributed by atoms with Gasteiger partial charge in [-0.2, -0.15) is 0 Å². The molecule has 0 aromatic rings. The third-order valence-corrected chi connectivity index (χ3v) is 5.44. The maximum Gasteiger partial charge on any atom is 0.310 e. The van der Waals surface area contributed by atoms with Gasteiger partial charge in [0.15, 0.2) is 0 Å². The molecule has 2 aliphatic carbocycles. The lowest BCUT2D eigenvalue weighted by molar-refractivity contribution is -0.148. The van der Waals surface area contributed by atoms with E-state index < -0.39 is 0 Å². The summed E-state index contributed by atoms with van der Waals surface area (Å²) in [4.78, 5) is 26.5. The number of likely N-dealkylation sites (tertiary alicyclic amines) is 1. The molecule has 5 atom stereocenters. The van der Waals surface area contributed by atoms with Gasteiger partial charge in [0.05, 0.1) is 11.8 Å². The first-order valence-electron chi connectivity index (χ1n) is 7.25. The second-order valence-electron chi connectivity index (χ2n) is 6.31. The maximum atomic E-state index is 12.6. The highest BCUT2D eigenvalue weighted by atomic mass is 16.6. The Bertz CT molecular complexity index is 400. The first kappa shape index (κ1) is 10.8. The fraction of sp³-hybridized carbons (Fsp3) is 0.857. The van der Waals surface area contributed by atoms with Gasteiger partial charge in [0.1, 0.15) is 6.10 Å². The van der Waals surface area contributed by atoms with Gasteiger partial charge in [-0.3, -0.25) is 9.59 Å². The Morgan fingerprint density at radius 1 is 1.17 bits per heavy atom. The molecule has 4 aliphatic rings. The van der Waals surface area contributed by atoms with Crippen LogP contribution in [-0.2, 0) is 14.3 Å². The fourth-order valence-corrected chi connectivity index (χ4v) is 4.67. The van der Waals surface area contributed by atoms with Crippen LogP contribution in [0.1, 0.15) is 32.1 Å². The number of piperidine rings is 1. The van der Waals surface area contributed by atoms with Crippen LogP contribution in [0.25, 0.3) is 0 Å². The van der Waals surface area contributed by atoms with Crippen molar-refractivity contribution in [3.63, 3.8) is 0 Å². The van der Waals surface area contributed by atoms with E-state index in [0.29, 0.717) is 11.8 Å². The van der Waals surface area contributed by atoms with Crippen LogP contribution in [0.15, 0.2) is 0 Å². The van der Waals surface area contributed by atoms with Crippen LogP contribution in [-0.4, -0.2) is 36.0 Å². The Morgan fingerprint density at radius 3 is 2.72 bits per heavy atom. The molecule has 4 fully saturated rings. The van der Waals surface area contributed by atoms with Crippen molar-refractivity contribution in [3.05, 3.63) is 0 Å². The molecule has 0 spiro atoms. The molecule has 4 rings (SSSR count). The first-order valence-corrected chi connectivity index (χ1v) is 7.25. The Hall–Kier alpha value is -1.06. The Kier molecular flexibility index (Phi) is 2.24. The zero-order valence-electron chi connectivity index (χ0n) is 10.5. The molecule has 0 N–H and O–H groups in total. The molecule has 2 heterocycles. The van der Waals surface area contributed by atoms with Crippen LogP contribution >= 0.6 is 0 Å². The third-order valence-electron chi connectivity index (χ3n) is 5.44. The highest BCUT2D eigenvalue weighted by molar-refractivity contribution is 5.88. The van der Waals surface area contributed by atoms with E-state index in [-0.39, 0.29) is 29.8 Å². The molecule has 4 heteroatoms. The first-order chi connectivity index (χ1) is 8.75. The lowest BCUT2D eigenvalue weighted by atomic mass is 9.79. The second-order valence-corrected chi connectivity index (χ2v) is 6.31. The van der Waals surface area contributed by atoms with Crippen LogP contribution in [0.4, 0.5) is 0 Å². The molecule has 1 amide bonds. The molecule has 18 heavy (non-hydrogen) atoms. The minimum Gasteiger partial charge on any atom is -0.462 e. The molecule has 2 saturated heterocycles. The summed E-state index contributed by atoms with van der Waals surface area (Å²) in [7, 11) is 0. The summed E-state index contributed by atoms with van der Waals surface area (Å²) in [6, 6.07) is 0. The molecule has 0 aromatic carbocycles. The van der Waals surface area contributed by atoms with Crippen molar-refractivity contribution in [2.24, 2.45) is 23.7 Å². The number of esters is 1. The summed E-state index contributed by atoms with van der Waals surface area (Å²) in [6.07, 6.45) is 5.56. The van der Waals surface area contributed by atoms with Crippen molar-refractivity contribution in [2.45, 2.75) is 38.2 Å². The van der Waals surface area contributed by atoms with Crippen molar-refractivity contribution in [2.75, 3.05) is 13.1 Å². The van der Waals surface area contributed by atoms with E-state index >= 15 is 0 Å². The van der Waals surface area contributed by atoms with Crippen molar-refractivity contribution in [1.29, 1.82) is 0 Å². The number of amides is 1. The summed E-state index contributed by atoms with van der Waals surface area (Å²) in [5, 5.41) is 0. The lowest BCUT2D eigenvalue weighted by Crippen LogP contribution is -2.44. The average Bonchev–Trinajstić information content (AvgIpc) is 3.00. The van der Waals surface area contributed by atoms with Gasteiger partial charge in [-0.15, -0.1) is 0 Å². The molecular formula is C14H19NO3. The molecule has 98 valence electrons. The minimum absolute atomic E-state index is 0.0562. The SMILES string of the molecule is O=C1O[C@@H]2C[C@H]3C[C@@H]2[C@H]1[C@@H]3C(=O)N1CCCCC1. The number of rotatable bonds is 1. The Labute approximate surface area is 107 Å². The Balaban J connectivity index is 1.57. The molecule has 0 aromatic heterocycles. The van der Waals surface area contributed by atoms with E-state index in [9.17, 15) is 9.59 Å². The average molecular weight is 249 g/mol. The van der Waals surface area contributed by atoms with Gasteiger partial charge in [0.25, 0.3) is 0 Å². The van der Waals surface area contributed by atoms with Crippen LogP contribution in [0.5, 0.6) is 0 Å². The molecule has 0 radical (unpaired) electrons. The molecule has 4 nitrogen and oxygen atoms in total. The van der Waals surface area contributed by atoms with Gasteiger partial charge in [-0.05, 0) is 38.0 Å². The molecule has 0 unspecified atom stereocenters. The topological polar surface area (TPSA) is 46.6 Å². The maximum absolute atomic E-state index is 12.6. The smallest absolute Gasteiger partial charge is 0.310 e. The quantitative estimate of drug-likeness (QED) is 0.656. The molecule has 2 aliphatic heterocycles. The standard InChI is InChI=1S/C14H19NO3/c16-13(15-4-2-1-3-5-15)11-8-6-9-10(7-8)18-14(17)12(9)11/h8-12H,1-7H2/t8-,9+,10-,11-,12+/m1/s1. The summed E-state index contributed by atoms with van der Waals surface area (Å²) in [5.74, 6) is 0.736. The summed E-state index contributed by atoms with van der Waals surface area (Å²) >= 11 is 0. The molecule has 2 bridgehead atoms. The number of nitrogens with zero attached hydrogens (tertiary/aromatic N) is 1. The van der Waals surface area contributed by atoms with Gasteiger partial charge in [-0.1, -0.05) is 0 Å². The van der Waals surface area contributed by atoms with E-state index in [4.69, 9.17) is 4.74 Å². The highest BCUT2D eigenvalue weighted by Gasteiger charge is 2.64. The minimum atomic E-state index is -0.108. The van der Waals surface area contributed by atoms with Gasteiger partial charge >= 0.3 is 5.97 Å². The fourth-order valence-electron chi connectivity index (χ4n) is 4.67. The van der Waals surface area contributed by atoms with Crippen LogP contribution < -0.4 is 0 Å². The number of carbonyl (C=O) groups is 2. The second kappa shape index (κ2) is 3.72. The summed E-state index contributed by atoms with van der Waals surface area (Å²) in [6.45, 7) is 1.77. The normalized spacial score (nSPS) is 45.4. The van der Waals surface area contributed by atoms with Crippen LogP contribution in [0.3, 0.4) is 0 Å². The monoisotopic (exact) mass is 249 g/mol. The number of ether oxygens (including phenoxy) is 1. The Morgan fingerprint density at radius 2 is 1.94 bits per heavy atom. The number of hydrogen-bond acceptors (Lipinski definition) is 3. The van der Waals surface area contributed by atoms with E-state index in [0.717, 1.165) is 38.8 Å². The van der Waals surface area contributed by atoms with Crippen LogP contribution in [0.2, 0.25) is 0 Å². The van der Waals surface area contributed by atoms with Gasteiger partial charge in [0, 0.05) is 19.0 Å². The van der Waals surface area contributed by atoms with Gasteiger partial charge in [-0.25, -0.2) is 0 Å². The number of carbonyl (C=O) groups excluding carboxylic acids is 2. The number of hydrogen-bond donors (Lipinski definition) is 0. The van der Waals surface area contributed by atoms with Crippen molar-refractivity contribution >= 4 is 11.9 Å². The van der Waals surface area contributed by atoms with Gasteiger partial charge in [0.2, 0.25) is 5.91 Å². The zero-order valence-corrected chi connectivity index (χ0v) is 10.5. The van der Waals surface area contributed by atoms with Crippen molar-refractivity contribution in [1.82, 2.24) is 4.90 Å². The van der Waals surface area contributed by atoms with Crippen molar-refractivity contribution in [3.8, 4) is 0 Å². The van der Waals surface area contributed by atoms with Crippen molar-refractivity contribution < 1.29 is 14.3 Å². The predicted octanol–water partition coefficient (Wildman–Crippen LogP) is 1.20. The van der Waals surface area contributed by atoms with E-state index in [2.05, 4.69) is 0 Å². The largest absolute Gasteiger partial charge is 0.462 e. The number of fused-ring (bicyclic) bond motifs is 1. The third kappa shape index (κ3) is 1.32. The van der Waals surface area contributed by atoms with E-state index in [1.165, 1.54) is 6.42 Å². The highest BCUT2D eigenvalue weighted by Crippen LogP contribution is 2.58. The molecule has 2 saturated carbocycles. The zero-order chi connectivity index (χ0) is 12.3. The molecular weight excluding hydrogens is 230 g/mol. The van der Waals surface area contributed by atoms with E-state index in [1.807, 2.05) is 4.90 Å². The van der Waals surface area contributed by atoms with Gasteiger partial charge < -0.3 is 9.64 Å². The summed E-state index contributed by atoms with van der Waals surface area (Å²) in [5.41, 5.74) is 0. The van der Waals surface area contributed by atoms with E-state index in [1.54, 1.807) is 0 Å². The predicted molar refractivity (Wildman–Crippen MR) is 63.5 cm³/mol.